The molecule has 2 aromatic heterocycles. The molecule has 4 heterocycles. The summed E-state index contributed by atoms with van der Waals surface area (Å²) in [6, 6.07) is 1.89. The predicted molar refractivity (Wildman–Crippen MR) is 121 cm³/mol. The molecule has 0 atom stereocenters. The van der Waals surface area contributed by atoms with Crippen molar-refractivity contribution < 1.29 is 9.21 Å². The smallest absolute Gasteiger partial charge is 0.349 e. The van der Waals surface area contributed by atoms with Crippen LogP contribution in [0.15, 0.2) is 15.3 Å². The summed E-state index contributed by atoms with van der Waals surface area (Å²) in [7, 11) is 0. The Labute approximate surface area is 193 Å². The zero-order chi connectivity index (χ0) is 20.0. The fourth-order valence-corrected chi connectivity index (χ4v) is 4.39. The quantitative estimate of drug-likeness (QED) is 0.741. The van der Waals surface area contributed by atoms with E-state index < -0.39 is 5.63 Å². The van der Waals surface area contributed by atoms with Crippen LogP contribution in [0.1, 0.15) is 70.8 Å². The highest BCUT2D eigenvalue weighted by molar-refractivity contribution is 5.95. The van der Waals surface area contributed by atoms with E-state index in [1.807, 2.05) is 17.7 Å². The van der Waals surface area contributed by atoms with Crippen LogP contribution in [0.3, 0.4) is 0 Å². The predicted octanol–water partition coefficient (Wildman–Crippen LogP) is 2.43. The van der Waals surface area contributed by atoms with Crippen LogP contribution in [0.4, 0.5) is 0 Å². The van der Waals surface area contributed by atoms with E-state index in [0.29, 0.717) is 43.3 Å². The van der Waals surface area contributed by atoms with E-state index in [4.69, 9.17) is 4.42 Å². The lowest BCUT2D eigenvalue weighted by Crippen LogP contribution is -2.37. The molecule has 0 aromatic carbocycles. The Bertz CT molecular complexity index is 970. The number of aromatic nitrogens is 3. The van der Waals surface area contributed by atoms with Gasteiger partial charge in [0, 0.05) is 31.3 Å². The number of fused-ring (bicyclic) bond motifs is 1. The van der Waals surface area contributed by atoms with Crippen molar-refractivity contribution in [2.24, 2.45) is 0 Å². The van der Waals surface area contributed by atoms with Crippen molar-refractivity contribution in [1.82, 2.24) is 25.0 Å². The van der Waals surface area contributed by atoms with Crippen LogP contribution in [-0.2, 0) is 13.0 Å². The third-order valence-corrected chi connectivity index (χ3v) is 6.30. The van der Waals surface area contributed by atoms with Gasteiger partial charge in [-0.25, -0.2) is 14.5 Å². The lowest BCUT2D eigenvalue weighted by Gasteiger charge is -2.23. The highest BCUT2D eigenvalue weighted by Crippen LogP contribution is 2.38. The molecule has 1 aliphatic carbocycles. The van der Waals surface area contributed by atoms with Crippen LogP contribution in [-0.4, -0.2) is 51.8 Å². The van der Waals surface area contributed by atoms with Crippen LogP contribution in [0, 0.1) is 6.92 Å². The van der Waals surface area contributed by atoms with Gasteiger partial charge in [0.05, 0.1) is 6.54 Å². The monoisotopic (exact) mass is 469 g/mol. The Morgan fingerprint density at radius 1 is 1.10 bits per heavy atom. The number of hydrogen-bond donors (Lipinski definition) is 1. The van der Waals surface area contributed by atoms with Gasteiger partial charge in [0.1, 0.15) is 17.1 Å². The molecule has 5 rings (SSSR count). The SMILES string of the molecule is Cc1cc(C2CCNCC2)oc(=O)c1C(=O)N1CCc2nc(C3CC3)nn2CC1.Cl.Cl. The highest BCUT2D eigenvalue weighted by Gasteiger charge is 2.31. The van der Waals surface area contributed by atoms with Gasteiger partial charge in [0.2, 0.25) is 0 Å². The minimum atomic E-state index is -0.514. The van der Waals surface area contributed by atoms with Gasteiger partial charge in [0.25, 0.3) is 5.91 Å². The first-order valence-corrected chi connectivity index (χ1v) is 10.7. The topological polar surface area (TPSA) is 93.3 Å². The van der Waals surface area contributed by atoms with Gasteiger partial charge in [-0.05, 0) is 57.3 Å². The molecule has 0 radical (unpaired) electrons. The van der Waals surface area contributed by atoms with Crippen molar-refractivity contribution in [3.63, 3.8) is 0 Å². The van der Waals surface area contributed by atoms with E-state index in [2.05, 4.69) is 15.4 Å². The van der Waals surface area contributed by atoms with Gasteiger partial charge in [-0.15, -0.1) is 24.8 Å². The van der Waals surface area contributed by atoms with Gasteiger partial charge in [-0.3, -0.25) is 4.79 Å². The fourth-order valence-electron chi connectivity index (χ4n) is 4.39. The Balaban J connectivity index is 0.00000136. The molecule has 170 valence electrons. The normalized spacial score (nSPS) is 19.1. The molecular formula is C21H29Cl2N5O3. The number of halogens is 2. The molecule has 2 aliphatic heterocycles. The van der Waals surface area contributed by atoms with E-state index >= 15 is 0 Å². The molecule has 1 N–H and O–H groups in total. The van der Waals surface area contributed by atoms with Crippen molar-refractivity contribution >= 4 is 30.7 Å². The molecule has 3 aliphatic rings. The molecule has 0 spiro atoms. The van der Waals surface area contributed by atoms with Gasteiger partial charge in [-0.1, -0.05) is 0 Å². The van der Waals surface area contributed by atoms with Crippen LogP contribution < -0.4 is 10.9 Å². The standard InChI is InChI=1S/C21H27N5O3.2ClH/c1-13-12-16(14-4-7-22-8-5-14)29-21(28)18(13)20(27)25-9-6-17-23-19(15-2-3-15)24-26(17)11-10-25;;/h12,14-15,22H,2-11H2,1H3;2*1H. The molecule has 0 unspecified atom stereocenters. The summed E-state index contributed by atoms with van der Waals surface area (Å²) >= 11 is 0. The van der Waals surface area contributed by atoms with Crippen LogP contribution in [0.5, 0.6) is 0 Å². The first-order valence-electron chi connectivity index (χ1n) is 10.7. The Kier molecular flexibility index (Phi) is 7.44. The minimum absolute atomic E-state index is 0. The van der Waals surface area contributed by atoms with E-state index in [0.717, 1.165) is 37.6 Å². The lowest BCUT2D eigenvalue weighted by atomic mass is 9.94. The molecule has 2 aromatic rings. The third kappa shape index (κ3) is 4.81. The number of nitrogens with one attached hydrogen (secondary N) is 1. The summed E-state index contributed by atoms with van der Waals surface area (Å²) in [4.78, 5) is 32.3. The Morgan fingerprint density at radius 3 is 2.52 bits per heavy atom. The van der Waals surface area contributed by atoms with Gasteiger partial charge in [0.15, 0.2) is 5.82 Å². The summed E-state index contributed by atoms with van der Waals surface area (Å²) in [5.74, 6) is 3.11. The van der Waals surface area contributed by atoms with Crippen molar-refractivity contribution in [2.75, 3.05) is 26.2 Å². The largest absolute Gasteiger partial charge is 0.427 e. The number of rotatable bonds is 3. The number of carbonyl (C=O) groups excluding carboxylic acids is 1. The van der Waals surface area contributed by atoms with E-state index in [9.17, 15) is 9.59 Å². The number of hydrogen-bond acceptors (Lipinski definition) is 6. The van der Waals surface area contributed by atoms with Crippen molar-refractivity contribution in [3.8, 4) is 0 Å². The number of aryl methyl sites for hydroxylation is 1. The minimum Gasteiger partial charge on any atom is -0.427 e. The number of piperidine rings is 1. The maximum absolute atomic E-state index is 13.1. The van der Waals surface area contributed by atoms with Gasteiger partial charge < -0.3 is 14.6 Å². The maximum atomic E-state index is 13.1. The summed E-state index contributed by atoms with van der Waals surface area (Å²) in [6.45, 7) is 5.35. The molecule has 1 amide bonds. The Hall–Kier alpha value is -1.90. The Morgan fingerprint density at radius 2 is 1.84 bits per heavy atom. The van der Waals surface area contributed by atoms with Crippen LogP contribution in [0.2, 0.25) is 0 Å². The average molecular weight is 470 g/mol. The molecule has 2 fully saturated rings. The summed E-state index contributed by atoms with van der Waals surface area (Å²) < 4.78 is 7.53. The summed E-state index contributed by atoms with van der Waals surface area (Å²) in [5.41, 5.74) is 0.351. The molecule has 31 heavy (non-hydrogen) atoms. The number of amides is 1. The summed E-state index contributed by atoms with van der Waals surface area (Å²) in [6.07, 6.45) is 4.90. The number of carbonyl (C=O) groups is 1. The molecular weight excluding hydrogens is 441 g/mol. The first-order chi connectivity index (χ1) is 14.1. The van der Waals surface area contributed by atoms with Crippen molar-refractivity contribution in [2.45, 2.75) is 57.4 Å². The average Bonchev–Trinajstić information content (AvgIpc) is 3.52. The molecule has 1 saturated carbocycles. The summed E-state index contributed by atoms with van der Waals surface area (Å²) in [5, 5.41) is 7.94. The molecule has 8 nitrogen and oxygen atoms in total. The van der Waals surface area contributed by atoms with E-state index in [-0.39, 0.29) is 42.2 Å². The lowest BCUT2D eigenvalue weighted by molar-refractivity contribution is 0.0752. The third-order valence-electron chi connectivity index (χ3n) is 6.30. The molecule has 10 heteroatoms. The zero-order valence-corrected chi connectivity index (χ0v) is 19.3. The van der Waals surface area contributed by atoms with Gasteiger partial charge in [-0.2, -0.15) is 5.10 Å². The molecule has 1 saturated heterocycles. The van der Waals surface area contributed by atoms with E-state index in [1.54, 1.807) is 4.90 Å². The van der Waals surface area contributed by atoms with E-state index in [1.165, 1.54) is 12.8 Å². The van der Waals surface area contributed by atoms with Crippen LogP contribution >= 0.6 is 24.8 Å². The second-order valence-corrected chi connectivity index (χ2v) is 8.44. The van der Waals surface area contributed by atoms with Crippen molar-refractivity contribution in [3.05, 3.63) is 45.0 Å². The highest BCUT2D eigenvalue weighted by atomic mass is 35.5. The second kappa shape index (κ2) is 9.71. The first kappa shape index (κ1) is 23.8. The zero-order valence-electron chi connectivity index (χ0n) is 17.6. The molecule has 0 bridgehead atoms. The maximum Gasteiger partial charge on any atom is 0.349 e. The van der Waals surface area contributed by atoms with Crippen LogP contribution in [0.25, 0.3) is 0 Å². The fraction of sp³-hybridized carbons (Fsp3) is 0.619. The second-order valence-electron chi connectivity index (χ2n) is 8.44. The number of nitrogens with zero attached hydrogens (tertiary/aromatic N) is 4. The van der Waals surface area contributed by atoms with Crippen molar-refractivity contribution in [1.29, 1.82) is 0 Å². The van der Waals surface area contributed by atoms with Gasteiger partial charge >= 0.3 is 5.63 Å².